The highest BCUT2D eigenvalue weighted by Gasteiger charge is 2.21. The van der Waals surface area contributed by atoms with Crippen LogP contribution in [0.25, 0.3) is 0 Å². The first-order valence-corrected chi connectivity index (χ1v) is 7.53. The van der Waals surface area contributed by atoms with Crippen LogP contribution in [0.4, 0.5) is 0 Å². The van der Waals surface area contributed by atoms with Crippen molar-refractivity contribution in [3.63, 3.8) is 0 Å². The summed E-state index contributed by atoms with van der Waals surface area (Å²) in [6, 6.07) is 0. The molecule has 0 radical (unpaired) electrons. The van der Waals surface area contributed by atoms with Crippen LogP contribution in [0.3, 0.4) is 0 Å². The fourth-order valence-electron chi connectivity index (χ4n) is 2.34. The van der Waals surface area contributed by atoms with Gasteiger partial charge in [-0.25, -0.2) is 0 Å². The summed E-state index contributed by atoms with van der Waals surface area (Å²) >= 11 is 0. The largest absolute Gasteiger partial charge is 0.481 e. The number of hydrogen-bond acceptors (Lipinski definition) is 2. The molecule has 3 heteroatoms. The minimum Gasteiger partial charge on any atom is -0.481 e. The summed E-state index contributed by atoms with van der Waals surface area (Å²) in [5, 5.41) is 8.51. The average Bonchev–Trinajstić information content (AvgIpc) is 2.35. The summed E-state index contributed by atoms with van der Waals surface area (Å²) in [7, 11) is 0. The normalized spacial score (nSPS) is 24.2. The lowest BCUT2D eigenvalue weighted by molar-refractivity contribution is -0.137. The number of hydrogen-bond donors (Lipinski definition) is 1. The molecule has 108 valence electrons. The molecule has 0 unspecified atom stereocenters. The van der Waals surface area contributed by atoms with Crippen molar-refractivity contribution in [3.05, 3.63) is 0 Å². The molecular weight excluding hydrogens is 226 g/mol. The van der Waals surface area contributed by atoms with E-state index < -0.39 is 5.97 Å². The summed E-state index contributed by atoms with van der Waals surface area (Å²) in [5.74, 6) is 1.01. The van der Waals surface area contributed by atoms with Crippen LogP contribution in [0.1, 0.15) is 59.8 Å². The second-order valence-corrected chi connectivity index (χ2v) is 5.25. The molecule has 3 nitrogen and oxygen atoms in total. The van der Waals surface area contributed by atoms with Crippen LogP contribution in [0.5, 0.6) is 0 Å². The van der Waals surface area contributed by atoms with Crippen molar-refractivity contribution < 1.29 is 9.90 Å². The number of aliphatic carboxylic acids is 1. The lowest BCUT2D eigenvalue weighted by Gasteiger charge is -2.35. The van der Waals surface area contributed by atoms with Crippen molar-refractivity contribution in [3.8, 4) is 0 Å². The van der Waals surface area contributed by atoms with Crippen molar-refractivity contribution in [2.75, 3.05) is 19.6 Å². The zero-order valence-corrected chi connectivity index (χ0v) is 12.6. The summed E-state index contributed by atoms with van der Waals surface area (Å²) in [5.41, 5.74) is 0. The van der Waals surface area contributed by atoms with E-state index in [2.05, 4.69) is 18.7 Å². The number of carboxylic acid groups (broad SMARTS) is 1. The van der Waals surface area contributed by atoms with Crippen LogP contribution in [-0.4, -0.2) is 35.6 Å². The molecule has 1 aliphatic rings. The molecule has 1 saturated heterocycles. The van der Waals surface area contributed by atoms with E-state index in [4.69, 9.17) is 5.11 Å². The molecule has 1 N–H and O–H groups in total. The number of unbranched alkanes of at least 4 members (excludes halogenated alkanes) is 2. The molecule has 0 amide bonds. The van der Waals surface area contributed by atoms with Crippen molar-refractivity contribution in [1.29, 1.82) is 0 Å². The van der Waals surface area contributed by atoms with E-state index in [1.54, 1.807) is 0 Å². The number of rotatable bonds is 6. The Morgan fingerprint density at radius 2 is 1.83 bits per heavy atom. The van der Waals surface area contributed by atoms with Gasteiger partial charge in [0.1, 0.15) is 0 Å². The fraction of sp³-hybridized carbons (Fsp3) is 0.933. The van der Waals surface area contributed by atoms with Gasteiger partial charge in [-0.1, -0.05) is 34.1 Å². The molecule has 0 saturated carbocycles. The van der Waals surface area contributed by atoms with E-state index in [9.17, 15) is 4.79 Å². The minimum absolute atomic E-state index is 0.327. The lowest BCUT2D eigenvalue weighted by Crippen LogP contribution is -2.38. The number of nitrogens with zero attached hydrogens (tertiary/aromatic N) is 1. The number of carbonyl (C=O) groups is 1. The maximum atomic E-state index is 10.3. The van der Waals surface area contributed by atoms with Crippen LogP contribution in [0.2, 0.25) is 0 Å². The van der Waals surface area contributed by atoms with E-state index in [-0.39, 0.29) is 0 Å². The highest BCUT2D eigenvalue weighted by atomic mass is 16.4. The van der Waals surface area contributed by atoms with Crippen molar-refractivity contribution in [2.45, 2.75) is 59.8 Å². The number of piperidine rings is 1. The van der Waals surface area contributed by atoms with Gasteiger partial charge in [0.05, 0.1) is 0 Å². The topological polar surface area (TPSA) is 40.5 Å². The maximum absolute atomic E-state index is 10.3. The van der Waals surface area contributed by atoms with Gasteiger partial charge in [-0.3, -0.25) is 4.79 Å². The molecule has 0 bridgehead atoms. The highest BCUT2D eigenvalue weighted by Crippen LogP contribution is 2.22. The van der Waals surface area contributed by atoms with Crippen LogP contribution in [0.15, 0.2) is 0 Å². The standard InChI is InChI=1S/C13H25NO2.C2H6/c1-11-7-9-14(10-12(11)2)8-5-3-4-6-13(15)16;1-2/h11-12H,3-10H2,1-2H3,(H,15,16);1-2H3/t11-,12+;/m0./s1. The van der Waals surface area contributed by atoms with E-state index in [0.29, 0.717) is 6.42 Å². The Labute approximate surface area is 113 Å². The van der Waals surface area contributed by atoms with Crippen LogP contribution < -0.4 is 0 Å². The summed E-state index contributed by atoms with van der Waals surface area (Å²) < 4.78 is 0. The predicted molar refractivity (Wildman–Crippen MR) is 76.8 cm³/mol. The van der Waals surface area contributed by atoms with Gasteiger partial charge in [0.25, 0.3) is 0 Å². The third kappa shape index (κ3) is 7.70. The Morgan fingerprint density at radius 1 is 1.17 bits per heavy atom. The van der Waals surface area contributed by atoms with Gasteiger partial charge in [-0.15, -0.1) is 0 Å². The average molecular weight is 257 g/mol. The van der Waals surface area contributed by atoms with Crippen LogP contribution in [-0.2, 0) is 4.79 Å². The molecule has 1 aliphatic heterocycles. The molecule has 1 heterocycles. The molecule has 1 fully saturated rings. The molecule has 0 spiro atoms. The quantitative estimate of drug-likeness (QED) is 0.739. The SMILES string of the molecule is CC.C[C@@H]1CN(CCCCCC(=O)O)CC[C@@H]1C. The molecule has 0 aromatic rings. The molecule has 0 aliphatic carbocycles. The highest BCUT2D eigenvalue weighted by molar-refractivity contribution is 5.66. The Hall–Kier alpha value is -0.570. The van der Waals surface area contributed by atoms with E-state index >= 15 is 0 Å². The predicted octanol–water partition coefficient (Wildman–Crippen LogP) is 3.64. The second kappa shape index (κ2) is 10.4. The smallest absolute Gasteiger partial charge is 0.303 e. The third-order valence-electron chi connectivity index (χ3n) is 3.78. The molecule has 2 atom stereocenters. The zero-order chi connectivity index (χ0) is 14.0. The van der Waals surface area contributed by atoms with Gasteiger partial charge in [-0.2, -0.15) is 0 Å². The van der Waals surface area contributed by atoms with Crippen molar-refractivity contribution >= 4 is 5.97 Å². The molecule has 0 aromatic carbocycles. The molecule has 18 heavy (non-hydrogen) atoms. The lowest BCUT2D eigenvalue weighted by atomic mass is 9.88. The number of likely N-dealkylation sites (tertiary alicyclic amines) is 1. The summed E-state index contributed by atoms with van der Waals surface area (Å²) in [6.45, 7) is 12.3. The van der Waals surface area contributed by atoms with E-state index in [0.717, 1.165) is 37.6 Å². The van der Waals surface area contributed by atoms with Gasteiger partial charge in [0.15, 0.2) is 0 Å². The molecular formula is C15H31NO2. The van der Waals surface area contributed by atoms with E-state index in [1.165, 1.54) is 19.5 Å². The van der Waals surface area contributed by atoms with E-state index in [1.807, 2.05) is 13.8 Å². The Bertz CT molecular complexity index is 219. The van der Waals surface area contributed by atoms with Gasteiger partial charge in [0, 0.05) is 13.0 Å². The van der Waals surface area contributed by atoms with Crippen LogP contribution in [0, 0.1) is 11.8 Å². The first kappa shape index (κ1) is 17.4. The Kier molecular flexibility index (Phi) is 10.0. The summed E-state index contributed by atoms with van der Waals surface area (Å²) in [6.07, 6.45) is 4.67. The Balaban J connectivity index is 0.00000137. The maximum Gasteiger partial charge on any atom is 0.303 e. The second-order valence-electron chi connectivity index (χ2n) is 5.25. The first-order chi connectivity index (χ1) is 8.59. The summed E-state index contributed by atoms with van der Waals surface area (Å²) in [4.78, 5) is 12.9. The fourth-order valence-corrected chi connectivity index (χ4v) is 2.34. The van der Waals surface area contributed by atoms with Crippen molar-refractivity contribution in [2.24, 2.45) is 11.8 Å². The molecule has 0 aromatic heterocycles. The monoisotopic (exact) mass is 257 g/mol. The van der Waals surface area contributed by atoms with Gasteiger partial charge in [0.2, 0.25) is 0 Å². The Morgan fingerprint density at radius 3 is 2.39 bits per heavy atom. The van der Waals surface area contributed by atoms with Gasteiger partial charge >= 0.3 is 5.97 Å². The zero-order valence-electron chi connectivity index (χ0n) is 12.6. The van der Waals surface area contributed by atoms with Gasteiger partial charge in [-0.05, 0) is 44.2 Å². The minimum atomic E-state index is -0.666. The van der Waals surface area contributed by atoms with Gasteiger partial charge < -0.3 is 10.0 Å². The third-order valence-corrected chi connectivity index (χ3v) is 3.78. The molecule has 1 rings (SSSR count). The van der Waals surface area contributed by atoms with Crippen LogP contribution >= 0.6 is 0 Å². The first-order valence-electron chi connectivity index (χ1n) is 7.53. The van der Waals surface area contributed by atoms with Crippen molar-refractivity contribution in [1.82, 2.24) is 4.90 Å². The number of carboxylic acids is 1.